The van der Waals surface area contributed by atoms with Gasteiger partial charge in [-0.2, -0.15) is 0 Å². The Hall–Kier alpha value is -2.18. The summed E-state index contributed by atoms with van der Waals surface area (Å²) in [5, 5.41) is 2.78. The fourth-order valence-electron chi connectivity index (χ4n) is 1.38. The molecule has 7 nitrogen and oxygen atoms in total. The van der Waals surface area contributed by atoms with Crippen molar-refractivity contribution in [3.05, 3.63) is 17.5 Å². The van der Waals surface area contributed by atoms with E-state index >= 15 is 0 Å². The van der Waals surface area contributed by atoms with Crippen molar-refractivity contribution in [1.82, 2.24) is 9.97 Å². The van der Waals surface area contributed by atoms with Crippen LogP contribution in [0.2, 0.25) is 0 Å². The Kier molecular flexibility index (Phi) is 5.23. The van der Waals surface area contributed by atoms with Crippen LogP contribution >= 0.6 is 0 Å². The molecule has 0 aliphatic rings. The number of aryl methyl sites for hydroxylation is 1. The molecule has 1 rings (SSSR count). The summed E-state index contributed by atoms with van der Waals surface area (Å²) in [7, 11) is 1.30. The highest BCUT2D eigenvalue weighted by atomic mass is 16.5. The van der Waals surface area contributed by atoms with Crippen molar-refractivity contribution in [3.8, 4) is 0 Å². The molecule has 19 heavy (non-hydrogen) atoms. The Bertz CT molecular complexity index is 476. The molecule has 0 saturated carbocycles. The molecular formula is C12H17N3O4. The van der Waals surface area contributed by atoms with E-state index in [-0.39, 0.29) is 12.6 Å². The van der Waals surface area contributed by atoms with Gasteiger partial charge < -0.3 is 14.8 Å². The molecule has 104 valence electrons. The molecule has 7 heteroatoms. The van der Waals surface area contributed by atoms with E-state index in [9.17, 15) is 9.59 Å². The van der Waals surface area contributed by atoms with Crippen molar-refractivity contribution < 1.29 is 19.1 Å². The molecule has 0 bridgehead atoms. The summed E-state index contributed by atoms with van der Waals surface area (Å²) in [6, 6.07) is -0.571. The second-order valence-corrected chi connectivity index (χ2v) is 3.80. The molecule has 1 N–H and O–H groups in total. The number of methoxy groups -OCH3 is 1. The van der Waals surface area contributed by atoms with Gasteiger partial charge in [0.25, 0.3) is 0 Å². The standard InChI is InChI=1S/C12H17N3O4/c1-5-19-11(17)9-6-13-12(14-7(9)2)15-8(3)10(16)18-4/h6,8H,5H2,1-4H3,(H,13,14,15). The molecule has 0 amide bonds. The highest BCUT2D eigenvalue weighted by Gasteiger charge is 2.16. The van der Waals surface area contributed by atoms with E-state index in [2.05, 4.69) is 20.0 Å². The molecule has 1 aromatic rings. The number of esters is 2. The summed E-state index contributed by atoms with van der Waals surface area (Å²) in [4.78, 5) is 30.9. The molecule has 1 unspecified atom stereocenters. The number of ether oxygens (including phenoxy) is 2. The second-order valence-electron chi connectivity index (χ2n) is 3.80. The summed E-state index contributed by atoms with van der Waals surface area (Å²) >= 11 is 0. The van der Waals surface area contributed by atoms with Gasteiger partial charge in [0.2, 0.25) is 5.95 Å². The molecule has 0 aliphatic carbocycles. The van der Waals surface area contributed by atoms with Gasteiger partial charge in [0.05, 0.1) is 25.0 Å². The Morgan fingerprint density at radius 3 is 2.68 bits per heavy atom. The Morgan fingerprint density at radius 2 is 2.16 bits per heavy atom. The van der Waals surface area contributed by atoms with Crippen LogP contribution in [0.1, 0.15) is 29.9 Å². The number of hydrogen-bond donors (Lipinski definition) is 1. The van der Waals surface area contributed by atoms with Gasteiger partial charge in [0, 0.05) is 6.20 Å². The average Bonchev–Trinajstić information content (AvgIpc) is 2.38. The summed E-state index contributed by atoms with van der Waals surface area (Å²) in [5.74, 6) is -0.633. The molecule has 0 aromatic carbocycles. The lowest BCUT2D eigenvalue weighted by Gasteiger charge is -2.12. The first-order chi connectivity index (χ1) is 8.99. The Morgan fingerprint density at radius 1 is 1.47 bits per heavy atom. The number of carbonyl (C=O) groups excluding carboxylic acids is 2. The lowest BCUT2D eigenvalue weighted by atomic mass is 10.2. The average molecular weight is 267 g/mol. The smallest absolute Gasteiger partial charge is 0.341 e. The molecule has 0 saturated heterocycles. The van der Waals surface area contributed by atoms with Gasteiger partial charge in [-0.1, -0.05) is 0 Å². The fourth-order valence-corrected chi connectivity index (χ4v) is 1.38. The third-order valence-corrected chi connectivity index (χ3v) is 2.38. The summed E-state index contributed by atoms with van der Waals surface area (Å²) in [6.45, 7) is 5.31. The molecule has 0 fully saturated rings. The summed E-state index contributed by atoms with van der Waals surface area (Å²) < 4.78 is 9.45. The topological polar surface area (TPSA) is 90.4 Å². The Labute approximate surface area is 111 Å². The van der Waals surface area contributed by atoms with Crippen LogP contribution in [0.25, 0.3) is 0 Å². The molecular weight excluding hydrogens is 250 g/mol. The van der Waals surface area contributed by atoms with Crippen molar-refractivity contribution in [3.63, 3.8) is 0 Å². The van der Waals surface area contributed by atoms with Gasteiger partial charge >= 0.3 is 11.9 Å². The van der Waals surface area contributed by atoms with Crippen LogP contribution in [-0.4, -0.2) is 41.7 Å². The van der Waals surface area contributed by atoms with Crippen molar-refractivity contribution in [1.29, 1.82) is 0 Å². The van der Waals surface area contributed by atoms with E-state index in [1.807, 2.05) is 0 Å². The number of aromatic nitrogens is 2. The number of nitrogens with one attached hydrogen (secondary N) is 1. The highest BCUT2D eigenvalue weighted by molar-refractivity contribution is 5.90. The largest absolute Gasteiger partial charge is 0.467 e. The minimum Gasteiger partial charge on any atom is -0.467 e. The van der Waals surface area contributed by atoms with Crippen molar-refractivity contribution >= 4 is 17.9 Å². The fraction of sp³-hybridized carbons (Fsp3) is 0.500. The second kappa shape index (κ2) is 6.67. The zero-order valence-corrected chi connectivity index (χ0v) is 11.4. The first-order valence-corrected chi connectivity index (χ1v) is 5.84. The molecule has 0 aliphatic heterocycles. The minimum absolute atomic E-state index is 0.253. The maximum atomic E-state index is 11.6. The molecule has 0 radical (unpaired) electrons. The van der Waals surface area contributed by atoms with E-state index in [1.165, 1.54) is 13.3 Å². The van der Waals surface area contributed by atoms with Gasteiger partial charge in [-0.25, -0.2) is 19.6 Å². The van der Waals surface area contributed by atoms with E-state index in [1.54, 1.807) is 20.8 Å². The number of hydrogen-bond acceptors (Lipinski definition) is 7. The number of rotatable bonds is 5. The first kappa shape index (κ1) is 14.9. The van der Waals surface area contributed by atoms with Crippen LogP contribution in [0.4, 0.5) is 5.95 Å². The van der Waals surface area contributed by atoms with Gasteiger partial charge in [0.15, 0.2) is 0 Å². The molecule has 0 spiro atoms. The van der Waals surface area contributed by atoms with E-state index in [4.69, 9.17) is 4.74 Å². The predicted molar refractivity (Wildman–Crippen MR) is 67.8 cm³/mol. The maximum absolute atomic E-state index is 11.6. The number of anilines is 1. The van der Waals surface area contributed by atoms with Crippen LogP contribution in [0.3, 0.4) is 0 Å². The third-order valence-electron chi connectivity index (χ3n) is 2.38. The van der Waals surface area contributed by atoms with Crippen LogP contribution in [0, 0.1) is 6.92 Å². The van der Waals surface area contributed by atoms with Crippen LogP contribution < -0.4 is 5.32 Å². The number of carbonyl (C=O) groups is 2. The zero-order chi connectivity index (χ0) is 14.4. The van der Waals surface area contributed by atoms with Crippen LogP contribution in [0.5, 0.6) is 0 Å². The lowest BCUT2D eigenvalue weighted by molar-refractivity contribution is -0.141. The normalized spacial score (nSPS) is 11.6. The first-order valence-electron chi connectivity index (χ1n) is 5.84. The molecule has 1 heterocycles. The van der Waals surface area contributed by atoms with Crippen molar-refractivity contribution in [2.24, 2.45) is 0 Å². The van der Waals surface area contributed by atoms with E-state index < -0.39 is 18.0 Å². The van der Waals surface area contributed by atoms with Crippen LogP contribution in [-0.2, 0) is 14.3 Å². The Balaban J connectivity index is 2.82. The zero-order valence-electron chi connectivity index (χ0n) is 11.4. The lowest BCUT2D eigenvalue weighted by Crippen LogP contribution is -2.28. The van der Waals surface area contributed by atoms with Gasteiger partial charge in [0.1, 0.15) is 6.04 Å². The van der Waals surface area contributed by atoms with Gasteiger partial charge in [-0.05, 0) is 20.8 Å². The monoisotopic (exact) mass is 267 g/mol. The minimum atomic E-state index is -0.571. The SMILES string of the molecule is CCOC(=O)c1cnc(NC(C)C(=O)OC)nc1C. The van der Waals surface area contributed by atoms with E-state index in [0.717, 1.165) is 0 Å². The predicted octanol–water partition coefficient (Wildman–Crippen LogP) is 0.935. The highest BCUT2D eigenvalue weighted by Crippen LogP contribution is 2.09. The molecule has 1 aromatic heterocycles. The summed E-state index contributed by atoms with van der Waals surface area (Å²) in [5.41, 5.74) is 0.783. The van der Waals surface area contributed by atoms with Crippen molar-refractivity contribution in [2.75, 3.05) is 19.0 Å². The summed E-state index contributed by atoms with van der Waals surface area (Å²) in [6.07, 6.45) is 1.37. The third kappa shape index (κ3) is 3.90. The maximum Gasteiger partial charge on any atom is 0.341 e. The number of nitrogens with zero attached hydrogens (tertiary/aromatic N) is 2. The van der Waals surface area contributed by atoms with Gasteiger partial charge in [-0.3, -0.25) is 0 Å². The van der Waals surface area contributed by atoms with Crippen molar-refractivity contribution in [2.45, 2.75) is 26.8 Å². The van der Waals surface area contributed by atoms with E-state index in [0.29, 0.717) is 11.3 Å². The molecule has 1 atom stereocenters. The van der Waals surface area contributed by atoms with Gasteiger partial charge in [-0.15, -0.1) is 0 Å². The van der Waals surface area contributed by atoms with Crippen LogP contribution in [0.15, 0.2) is 6.20 Å². The quantitative estimate of drug-likeness (QED) is 0.794.